The van der Waals surface area contributed by atoms with Crippen LogP contribution in [0.15, 0.2) is 24.3 Å². The van der Waals surface area contributed by atoms with E-state index in [2.05, 4.69) is 25.2 Å². The van der Waals surface area contributed by atoms with Gasteiger partial charge in [0, 0.05) is 13.0 Å². The maximum absolute atomic E-state index is 11.4. The Hall–Kier alpha value is -1.86. The molecule has 22 heavy (non-hydrogen) atoms. The molecule has 0 unspecified atom stereocenters. The summed E-state index contributed by atoms with van der Waals surface area (Å²) < 4.78 is 6.23. The number of amides is 1. The predicted molar refractivity (Wildman–Crippen MR) is 85.1 cm³/mol. The minimum atomic E-state index is -0.0670. The number of carbonyl (C=O) groups excluding carboxylic acids is 1. The van der Waals surface area contributed by atoms with Crippen LogP contribution in [0.25, 0.3) is 0 Å². The van der Waals surface area contributed by atoms with Crippen LogP contribution in [0.4, 0.5) is 0 Å². The van der Waals surface area contributed by atoms with E-state index in [1.165, 1.54) is 0 Å². The van der Waals surface area contributed by atoms with Crippen LogP contribution in [-0.4, -0.2) is 18.1 Å². The van der Waals surface area contributed by atoms with Gasteiger partial charge in [-0.05, 0) is 42.9 Å². The van der Waals surface area contributed by atoms with Crippen LogP contribution in [0, 0.1) is 17.2 Å². The summed E-state index contributed by atoms with van der Waals surface area (Å²) in [6.45, 7) is 5.91. The summed E-state index contributed by atoms with van der Waals surface area (Å²) in [7, 11) is 0. The van der Waals surface area contributed by atoms with E-state index in [9.17, 15) is 4.79 Å². The molecule has 1 aliphatic rings. The van der Waals surface area contributed by atoms with Gasteiger partial charge in [-0.15, -0.1) is 0 Å². The Morgan fingerprint density at radius 3 is 2.86 bits per heavy atom. The standard InChI is InChI=1S/C18H24N2O2/c1-12(2)7-17-9-16(20-13(3)21)10-18(22-17)15-6-4-5-14(8-15)11-19/h4-6,8,12,16-18H,7,9-10H2,1-3H3,(H,20,21)/t16-,17+,18+/m1/s1. The fourth-order valence-electron chi connectivity index (χ4n) is 3.12. The third kappa shape index (κ3) is 4.57. The average molecular weight is 300 g/mol. The van der Waals surface area contributed by atoms with E-state index in [1.807, 2.05) is 18.2 Å². The fourth-order valence-corrected chi connectivity index (χ4v) is 3.12. The molecule has 1 aromatic rings. The molecule has 4 nitrogen and oxygen atoms in total. The monoisotopic (exact) mass is 300 g/mol. The Balaban J connectivity index is 2.17. The molecule has 0 bridgehead atoms. The molecule has 2 rings (SSSR count). The molecule has 1 N–H and O–H groups in total. The lowest BCUT2D eigenvalue weighted by Crippen LogP contribution is -2.42. The Morgan fingerprint density at radius 2 is 2.23 bits per heavy atom. The van der Waals surface area contributed by atoms with Crippen LogP contribution in [-0.2, 0) is 9.53 Å². The number of benzene rings is 1. The topological polar surface area (TPSA) is 62.1 Å². The maximum Gasteiger partial charge on any atom is 0.217 e. The van der Waals surface area contributed by atoms with Gasteiger partial charge in [0.05, 0.1) is 23.8 Å². The number of hydrogen-bond acceptors (Lipinski definition) is 3. The minimum absolute atomic E-state index is 0.000257. The van der Waals surface area contributed by atoms with Gasteiger partial charge >= 0.3 is 0 Å². The van der Waals surface area contributed by atoms with E-state index >= 15 is 0 Å². The van der Waals surface area contributed by atoms with Crippen molar-refractivity contribution in [3.05, 3.63) is 35.4 Å². The number of nitrogens with one attached hydrogen (secondary N) is 1. The molecule has 3 atom stereocenters. The molecule has 4 heteroatoms. The first-order valence-corrected chi connectivity index (χ1v) is 7.90. The molecule has 1 saturated heterocycles. The van der Waals surface area contributed by atoms with E-state index < -0.39 is 0 Å². The first-order valence-electron chi connectivity index (χ1n) is 7.90. The average Bonchev–Trinajstić information content (AvgIpc) is 2.45. The van der Waals surface area contributed by atoms with Gasteiger partial charge in [0.15, 0.2) is 0 Å². The molecular formula is C18H24N2O2. The zero-order chi connectivity index (χ0) is 16.1. The molecule has 1 aliphatic heterocycles. The highest BCUT2D eigenvalue weighted by Gasteiger charge is 2.31. The van der Waals surface area contributed by atoms with Crippen LogP contribution in [0.3, 0.4) is 0 Å². The molecule has 0 radical (unpaired) electrons. The van der Waals surface area contributed by atoms with E-state index in [4.69, 9.17) is 10.00 Å². The number of nitriles is 1. The van der Waals surface area contributed by atoms with Gasteiger partial charge in [0.1, 0.15) is 0 Å². The van der Waals surface area contributed by atoms with Gasteiger partial charge in [-0.2, -0.15) is 5.26 Å². The van der Waals surface area contributed by atoms with Gasteiger partial charge in [-0.25, -0.2) is 0 Å². The summed E-state index contributed by atoms with van der Waals surface area (Å²) in [4.78, 5) is 11.4. The number of ether oxygens (including phenoxy) is 1. The van der Waals surface area contributed by atoms with Crippen LogP contribution in [0.2, 0.25) is 0 Å². The molecule has 0 aromatic heterocycles. The summed E-state index contributed by atoms with van der Waals surface area (Å²) >= 11 is 0. The van der Waals surface area contributed by atoms with Gasteiger partial charge in [0.25, 0.3) is 0 Å². The third-order valence-corrected chi connectivity index (χ3v) is 3.93. The van der Waals surface area contributed by atoms with Crippen molar-refractivity contribution >= 4 is 5.91 Å². The third-order valence-electron chi connectivity index (χ3n) is 3.93. The summed E-state index contributed by atoms with van der Waals surface area (Å²) in [6.07, 6.45) is 2.66. The highest BCUT2D eigenvalue weighted by Crippen LogP contribution is 2.34. The van der Waals surface area contributed by atoms with Crippen molar-refractivity contribution in [3.8, 4) is 6.07 Å². The Morgan fingerprint density at radius 1 is 1.45 bits per heavy atom. The molecule has 0 spiro atoms. The van der Waals surface area contributed by atoms with Gasteiger partial charge in [-0.1, -0.05) is 26.0 Å². The molecule has 1 aromatic carbocycles. The lowest BCUT2D eigenvalue weighted by molar-refractivity contribution is -0.122. The molecule has 118 valence electrons. The van der Waals surface area contributed by atoms with Crippen LogP contribution in [0.1, 0.15) is 57.3 Å². The molecule has 1 heterocycles. The minimum Gasteiger partial charge on any atom is -0.370 e. The van der Waals surface area contributed by atoms with Crippen LogP contribution >= 0.6 is 0 Å². The second kappa shape index (κ2) is 7.42. The Kier molecular flexibility index (Phi) is 5.57. The van der Waals surface area contributed by atoms with Crippen molar-refractivity contribution < 1.29 is 9.53 Å². The first-order chi connectivity index (χ1) is 10.5. The van der Waals surface area contributed by atoms with E-state index in [0.29, 0.717) is 11.5 Å². The summed E-state index contributed by atoms with van der Waals surface area (Å²) in [5, 5.41) is 12.1. The Bertz CT molecular complexity index is 562. The first kappa shape index (κ1) is 16.5. The molecule has 1 amide bonds. The SMILES string of the molecule is CC(=O)N[C@@H]1C[C@H](CC(C)C)O[C@H](c2cccc(C#N)c2)C1. The van der Waals surface area contributed by atoms with Crippen molar-refractivity contribution in [1.82, 2.24) is 5.32 Å². The van der Waals surface area contributed by atoms with Crippen molar-refractivity contribution in [1.29, 1.82) is 5.26 Å². The predicted octanol–water partition coefficient (Wildman–Crippen LogP) is 3.33. The highest BCUT2D eigenvalue weighted by molar-refractivity contribution is 5.73. The fraction of sp³-hybridized carbons (Fsp3) is 0.556. The number of rotatable bonds is 4. The smallest absolute Gasteiger partial charge is 0.217 e. The molecular weight excluding hydrogens is 276 g/mol. The zero-order valence-corrected chi connectivity index (χ0v) is 13.5. The van der Waals surface area contributed by atoms with E-state index in [1.54, 1.807) is 13.0 Å². The van der Waals surface area contributed by atoms with Gasteiger partial charge in [0.2, 0.25) is 5.91 Å². The summed E-state index contributed by atoms with van der Waals surface area (Å²) in [5.41, 5.74) is 1.66. The molecule has 0 aliphatic carbocycles. The summed E-state index contributed by atoms with van der Waals surface area (Å²) in [5.74, 6) is 0.548. The number of nitrogens with zero attached hydrogens (tertiary/aromatic N) is 1. The van der Waals surface area contributed by atoms with E-state index in [0.717, 1.165) is 24.8 Å². The van der Waals surface area contributed by atoms with Gasteiger partial charge < -0.3 is 10.1 Å². The highest BCUT2D eigenvalue weighted by atomic mass is 16.5. The molecule has 1 fully saturated rings. The zero-order valence-electron chi connectivity index (χ0n) is 13.5. The van der Waals surface area contributed by atoms with Crippen LogP contribution < -0.4 is 5.32 Å². The van der Waals surface area contributed by atoms with Crippen molar-refractivity contribution in [3.63, 3.8) is 0 Å². The lowest BCUT2D eigenvalue weighted by atomic mass is 9.90. The second-order valence-electron chi connectivity index (χ2n) is 6.48. The number of hydrogen-bond donors (Lipinski definition) is 1. The largest absolute Gasteiger partial charge is 0.370 e. The van der Waals surface area contributed by atoms with Crippen LogP contribution in [0.5, 0.6) is 0 Å². The normalized spacial score (nSPS) is 24.8. The number of carbonyl (C=O) groups is 1. The molecule has 0 saturated carbocycles. The van der Waals surface area contributed by atoms with Crippen molar-refractivity contribution in [2.24, 2.45) is 5.92 Å². The summed E-state index contributed by atoms with van der Waals surface area (Å²) in [6, 6.07) is 9.86. The lowest BCUT2D eigenvalue weighted by Gasteiger charge is -2.36. The second-order valence-corrected chi connectivity index (χ2v) is 6.48. The Labute approximate surface area is 132 Å². The quantitative estimate of drug-likeness (QED) is 0.927. The van der Waals surface area contributed by atoms with Gasteiger partial charge in [-0.3, -0.25) is 4.79 Å². The maximum atomic E-state index is 11.4. The van der Waals surface area contributed by atoms with Crippen molar-refractivity contribution in [2.45, 2.75) is 58.3 Å². The van der Waals surface area contributed by atoms with E-state index in [-0.39, 0.29) is 24.2 Å². The van der Waals surface area contributed by atoms with Crippen molar-refractivity contribution in [2.75, 3.05) is 0 Å².